The predicted octanol–water partition coefficient (Wildman–Crippen LogP) is 1.11. The molecule has 0 bridgehead atoms. The molecular weight excluding hydrogens is 314 g/mol. The van der Waals surface area contributed by atoms with Crippen LogP contribution in [0.3, 0.4) is 0 Å². The molecule has 1 fully saturated rings. The van der Waals surface area contributed by atoms with Gasteiger partial charge in [0.25, 0.3) is 10.0 Å². The SMILES string of the molecule is C=CCNC(=S)N1CCN(S(=O)(=O)c2cccs2)CC1. The van der Waals surface area contributed by atoms with Crippen LogP contribution in [0.2, 0.25) is 0 Å². The molecule has 0 saturated carbocycles. The molecule has 1 saturated heterocycles. The summed E-state index contributed by atoms with van der Waals surface area (Å²) in [7, 11) is -3.34. The van der Waals surface area contributed by atoms with Crippen LogP contribution in [0, 0.1) is 0 Å². The fraction of sp³-hybridized carbons (Fsp3) is 0.417. The van der Waals surface area contributed by atoms with Gasteiger partial charge in [-0.1, -0.05) is 12.1 Å². The second-order valence-corrected chi connectivity index (χ2v) is 7.80. The predicted molar refractivity (Wildman–Crippen MR) is 85.4 cm³/mol. The van der Waals surface area contributed by atoms with E-state index >= 15 is 0 Å². The van der Waals surface area contributed by atoms with Crippen molar-refractivity contribution >= 4 is 38.7 Å². The highest BCUT2D eigenvalue weighted by molar-refractivity contribution is 7.91. The fourth-order valence-electron chi connectivity index (χ4n) is 1.94. The van der Waals surface area contributed by atoms with E-state index < -0.39 is 10.0 Å². The Bertz CT molecular complexity index is 561. The third-order valence-corrected chi connectivity index (χ3v) is 6.69. The molecule has 0 aliphatic carbocycles. The molecule has 0 radical (unpaired) electrons. The Kier molecular flexibility index (Phi) is 5.14. The van der Waals surface area contributed by atoms with E-state index in [0.29, 0.717) is 42.0 Å². The van der Waals surface area contributed by atoms with E-state index in [-0.39, 0.29) is 0 Å². The van der Waals surface area contributed by atoms with Gasteiger partial charge in [0.1, 0.15) is 4.21 Å². The first-order valence-electron chi connectivity index (χ1n) is 6.23. The Hall–Kier alpha value is -0.960. The van der Waals surface area contributed by atoms with E-state index in [9.17, 15) is 8.42 Å². The molecule has 0 aromatic carbocycles. The van der Waals surface area contributed by atoms with Gasteiger partial charge < -0.3 is 10.2 Å². The van der Waals surface area contributed by atoms with E-state index in [2.05, 4.69) is 11.9 Å². The zero-order valence-electron chi connectivity index (χ0n) is 11.0. The number of nitrogens with zero attached hydrogens (tertiary/aromatic N) is 2. The van der Waals surface area contributed by atoms with Crippen LogP contribution in [0.25, 0.3) is 0 Å². The van der Waals surface area contributed by atoms with E-state index in [0.717, 1.165) is 0 Å². The highest BCUT2D eigenvalue weighted by Gasteiger charge is 2.29. The minimum absolute atomic E-state index is 0.401. The van der Waals surface area contributed by atoms with E-state index in [1.165, 1.54) is 15.6 Å². The van der Waals surface area contributed by atoms with Crippen molar-refractivity contribution in [3.63, 3.8) is 0 Å². The summed E-state index contributed by atoms with van der Waals surface area (Å²) >= 11 is 6.50. The van der Waals surface area contributed by atoms with Gasteiger partial charge in [-0.2, -0.15) is 4.31 Å². The highest BCUT2D eigenvalue weighted by atomic mass is 32.2. The molecule has 1 aromatic rings. The molecular formula is C12H17N3O2S3. The molecule has 2 rings (SSSR count). The normalized spacial score (nSPS) is 16.9. The molecule has 5 nitrogen and oxygen atoms in total. The Balaban J connectivity index is 1.95. The van der Waals surface area contributed by atoms with E-state index in [4.69, 9.17) is 12.2 Å². The summed E-state index contributed by atoms with van der Waals surface area (Å²) in [6.07, 6.45) is 1.74. The second-order valence-electron chi connectivity index (χ2n) is 4.30. The van der Waals surface area contributed by atoms with E-state index in [1.54, 1.807) is 23.6 Å². The van der Waals surface area contributed by atoms with Gasteiger partial charge in [0, 0.05) is 32.7 Å². The van der Waals surface area contributed by atoms with Crippen LogP contribution in [0.4, 0.5) is 0 Å². The number of thiocarbonyl (C=S) groups is 1. The average Bonchev–Trinajstić information content (AvgIpc) is 3.00. The van der Waals surface area contributed by atoms with E-state index in [1.807, 2.05) is 4.90 Å². The summed E-state index contributed by atoms with van der Waals surface area (Å²) in [6.45, 7) is 6.36. The van der Waals surface area contributed by atoms with Crippen LogP contribution in [0.5, 0.6) is 0 Å². The lowest BCUT2D eigenvalue weighted by atomic mass is 10.4. The second kappa shape index (κ2) is 6.66. The standard InChI is InChI=1S/C12H17N3O2S3/c1-2-5-13-12(18)14-6-8-15(9-7-14)20(16,17)11-4-3-10-19-11/h2-4,10H,1,5-9H2,(H,13,18). The van der Waals surface area contributed by atoms with Crippen molar-refractivity contribution in [2.75, 3.05) is 32.7 Å². The van der Waals surface area contributed by atoms with Gasteiger partial charge in [-0.3, -0.25) is 0 Å². The summed E-state index contributed by atoms with van der Waals surface area (Å²) in [5, 5.41) is 5.48. The molecule has 0 spiro atoms. The number of nitrogens with one attached hydrogen (secondary N) is 1. The first-order chi connectivity index (χ1) is 9.55. The molecule has 110 valence electrons. The molecule has 0 unspecified atom stereocenters. The lowest BCUT2D eigenvalue weighted by molar-refractivity contribution is 0.265. The first-order valence-corrected chi connectivity index (χ1v) is 8.96. The van der Waals surface area contributed by atoms with Gasteiger partial charge in [-0.05, 0) is 23.7 Å². The van der Waals surface area contributed by atoms with Crippen molar-refractivity contribution in [3.05, 3.63) is 30.2 Å². The lowest BCUT2D eigenvalue weighted by Crippen LogP contribution is -2.52. The molecule has 2 heterocycles. The summed E-state index contributed by atoms with van der Waals surface area (Å²) < 4.78 is 26.6. The Labute approximate surface area is 128 Å². The third kappa shape index (κ3) is 3.38. The molecule has 0 atom stereocenters. The molecule has 8 heteroatoms. The minimum atomic E-state index is -3.34. The molecule has 1 aliphatic heterocycles. The quantitative estimate of drug-likeness (QED) is 0.662. The highest BCUT2D eigenvalue weighted by Crippen LogP contribution is 2.21. The Morgan fingerprint density at radius 3 is 2.70 bits per heavy atom. The largest absolute Gasteiger partial charge is 0.359 e. The molecule has 1 N–H and O–H groups in total. The molecule has 20 heavy (non-hydrogen) atoms. The van der Waals surface area contributed by atoms with Crippen molar-refractivity contribution in [3.8, 4) is 0 Å². The van der Waals surface area contributed by atoms with Crippen LogP contribution in [-0.2, 0) is 10.0 Å². The maximum absolute atomic E-state index is 12.4. The smallest absolute Gasteiger partial charge is 0.252 e. The summed E-state index contributed by atoms with van der Waals surface area (Å²) in [5.74, 6) is 0. The Morgan fingerprint density at radius 2 is 2.15 bits per heavy atom. The van der Waals surface area contributed by atoms with Crippen molar-refractivity contribution in [2.24, 2.45) is 0 Å². The van der Waals surface area contributed by atoms with Crippen molar-refractivity contribution < 1.29 is 8.42 Å². The van der Waals surface area contributed by atoms with Gasteiger partial charge in [-0.15, -0.1) is 17.9 Å². The Morgan fingerprint density at radius 1 is 1.45 bits per heavy atom. The van der Waals surface area contributed by atoms with Crippen LogP contribution >= 0.6 is 23.6 Å². The maximum Gasteiger partial charge on any atom is 0.252 e. The van der Waals surface area contributed by atoms with Crippen LogP contribution < -0.4 is 5.32 Å². The molecule has 0 amide bonds. The average molecular weight is 331 g/mol. The van der Waals surface area contributed by atoms with Crippen LogP contribution in [0.15, 0.2) is 34.4 Å². The van der Waals surface area contributed by atoms with Crippen molar-refractivity contribution in [1.29, 1.82) is 0 Å². The number of hydrogen-bond acceptors (Lipinski definition) is 4. The molecule has 1 aromatic heterocycles. The van der Waals surface area contributed by atoms with Crippen molar-refractivity contribution in [1.82, 2.24) is 14.5 Å². The number of rotatable bonds is 4. The fourth-order valence-corrected chi connectivity index (χ4v) is 4.77. The van der Waals surface area contributed by atoms with Gasteiger partial charge in [-0.25, -0.2) is 8.42 Å². The van der Waals surface area contributed by atoms with Gasteiger partial charge in [0.15, 0.2) is 5.11 Å². The minimum Gasteiger partial charge on any atom is -0.359 e. The van der Waals surface area contributed by atoms with Crippen LogP contribution in [0.1, 0.15) is 0 Å². The summed E-state index contributed by atoms with van der Waals surface area (Å²) in [4.78, 5) is 1.99. The lowest BCUT2D eigenvalue weighted by Gasteiger charge is -2.35. The van der Waals surface area contributed by atoms with Crippen LogP contribution in [-0.4, -0.2) is 55.5 Å². The van der Waals surface area contributed by atoms with Gasteiger partial charge in [0.05, 0.1) is 0 Å². The summed E-state index contributed by atoms with van der Waals surface area (Å²) in [5.41, 5.74) is 0. The topological polar surface area (TPSA) is 52.6 Å². The molecule has 1 aliphatic rings. The number of hydrogen-bond donors (Lipinski definition) is 1. The number of sulfonamides is 1. The zero-order chi connectivity index (χ0) is 14.6. The van der Waals surface area contributed by atoms with Gasteiger partial charge >= 0.3 is 0 Å². The maximum atomic E-state index is 12.4. The zero-order valence-corrected chi connectivity index (χ0v) is 13.4. The van der Waals surface area contributed by atoms with Crippen molar-refractivity contribution in [2.45, 2.75) is 4.21 Å². The number of piperazine rings is 1. The first kappa shape index (κ1) is 15.4. The monoisotopic (exact) mass is 331 g/mol. The third-order valence-electron chi connectivity index (χ3n) is 3.01. The van der Waals surface area contributed by atoms with Gasteiger partial charge in [0.2, 0.25) is 0 Å². The summed E-state index contributed by atoms with van der Waals surface area (Å²) in [6, 6.07) is 3.39. The number of thiophene rings is 1.